The number of hydrogen-bond donors (Lipinski definition) is 2. The number of carbonyl (C=O) groups is 1. The molecule has 2 aliphatic rings. The number of likely N-dealkylation sites (tertiary alicyclic amines) is 1. The SMILES string of the molecule is CC[C@H](C)[C@@H](O)C(=O)NCC1CCN(C2CC2)CC1. The Bertz CT molecular complexity index is 297. The third kappa shape index (κ3) is 4.18. The average molecular weight is 268 g/mol. The zero-order valence-corrected chi connectivity index (χ0v) is 12.3. The lowest BCUT2D eigenvalue weighted by Gasteiger charge is -2.32. The fraction of sp³-hybridized carbons (Fsp3) is 0.933. The molecule has 1 aliphatic heterocycles. The summed E-state index contributed by atoms with van der Waals surface area (Å²) in [5.41, 5.74) is 0. The summed E-state index contributed by atoms with van der Waals surface area (Å²) in [5, 5.41) is 12.7. The van der Waals surface area contributed by atoms with E-state index in [2.05, 4.69) is 10.2 Å². The topological polar surface area (TPSA) is 52.6 Å². The maximum absolute atomic E-state index is 11.8. The van der Waals surface area contributed by atoms with Gasteiger partial charge in [-0.15, -0.1) is 0 Å². The van der Waals surface area contributed by atoms with Crippen molar-refractivity contribution in [3.05, 3.63) is 0 Å². The first kappa shape index (κ1) is 14.8. The monoisotopic (exact) mass is 268 g/mol. The molecule has 19 heavy (non-hydrogen) atoms. The van der Waals surface area contributed by atoms with Gasteiger partial charge >= 0.3 is 0 Å². The van der Waals surface area contributed by atoms with E-state index in [9.17, 15) is 9.90 Å². The number of carbonyl (C=O) groups excluding carboxylic acids is 1. The Morgan fingerprint density at radius 3 is 2.47 bits per heavy atom. The highest BCUT2D eigenvalue weighted by atomic mass is 16.3. The summed E-state index contributed by atoms with van der Waals surface area (Å²) >= 11 is 0. The Morgan fingerprint density at radius 2 is 1.95 bits per heavy atom. The van der Waals surface area contributed by atoms with Crippen LogP contribution in [0.2, 0.25) is 0 Å². The van der Waals surface area contributed by atoms with Crippen LogP contribution in [0.4, 0.5) is 0 Å². The van der Waals surface area contributed by atoms with Crippen LogP contribution >= 0.6 is 0 Å². The van der Waals surface area contributed by atoms with Crippen LogP contribution in [0.3, 0.4) is 0 Å². The molecule has 0 spiro atoms. The van der Waals surface area contributed by atoms with Crippen LogP contribution in [0.25, 0.3) is 0 Å². The maximum Gasteiger partial charge on any atom is 0.249 e. The predicted molar refractivity (Wildman–Crippen MR) is 75.8 cm³/mol. The highest BCUT2D eigenvalue weighted by Gasteiger charge is 2.32. The van der Waals surface area contributed by atoms with Crippen molar-refractivity contribution in [1.82, 2.24) is 10.2 Å². The summed E-state index contributed by atoms with van der Waals surface area (Å²) < 4.78 is 0. The van der Waals surface area contributed by atoms with Crippen molar-refractivity contribution in [2.45, 2.75) is 58.1 Å². The van der Waals surface area contributed by atoms with Crippen molar-refractivity contribution in [1.29, 1.82) is 0 Å². The van der Waals surface area contributed by atoms with E-state index >= 15 is 0 Å². The fourth-order valence-electron chi connectivity index (χ4n) is 2.79. The number of aliphatic hydroxyl groups is 1. The second kappa shape index (κ2) is 6.71. The zero-order chi connectivity index (χ0) is 13.8. The van der Waals surface area contributed by atoms with E-state index in [0.29, 0.717) is 5.92 Å². The molecule has 1 saturated carbocycles. The van der Waals surface area contributed by atoms with Crippen LogP contribution in [-0.2, 0) is 4.79 Å². The van der Waals surface area contributed by atoms with Crippen molar-refractivity contribution in [3.8, 4) is 0 Å². The molecule has 110 valence electrons. The normalized spacial score (nSPS) is 25.0. The van der Waals surface area contributed by atoms with E-state index in [4.69, 9.17) is 0 Å². The molecule has 0 unspecified atom stereocenters. The van der Waals surface area contributed by atoms with Gasteiger partial charge in [-0.3, -0.25) is 4.79 Å². The minimum absolute atomic E-state index is 0.0386. The van der Waals surface area contributed by atoms with Gasteiger partial charge in [0.2, 0.25) is 5.91 Å². The molecule has 0 aromatic heterocycles. The summed E-state index contributed by atoms with van der Waals surface area (Å²) in [6, 6.07) is 0.864. The van der Waals surface area contributed by atoms with Crippen LogP contribution in [0, 0.1) is 11.8 Å². The molecular weight excluding hydrogens is 240 g/mol. The lowest BCUT2D eigenvalue weighted by Crippen LogP contribution is -2.43. The lowest BCUT2D eigenvalue weighted by atomic mass is 9.96. The first-order valence-corrected chi connectivity index (χ1v) is 7.81. The molecule has 1 amide bonds. The standard InChI is InChI=1S/C15H28N2O2/c1-3-11(2)14(18)15(19)16-10-12-6-8-17(9-7-12)13-4-5-13/h11-14,18H,3-10H2,1-2H3,(H,16,19)/t11-,14+/m0/s1. The number of piperidine rings is 1. The van der Waals surface area contributed by atoms with Gasteiger partial charge in [0, 0.05) is 12.6 Å². The van der Waals surface area contributed by atoms with Gasteiger partial charge in [0.15, 0.2) is 0 Å². The van der Waals surface area contributed by atoms with E-state index < -0.39 is 6.10 Å². The van der Waals surface area contributed by atoms with Gasteiger partial charge < -0.3 is 15.3 Å². The molecule has 0 bridgehead atoms. The van der Waals surface area contributed by atoms with Gasteiger partial charge in [0.25, 0.3) is 0 Å². The molecule has 0 aromatic rings. The van der Waals surface area contributed by atoms with Gasteiger partial charge in [-0.05, 0) is 50.6 Å². The minimum Gasteiger partial charge on any atom is -0.383 e. The van der Waals surface area contributed by atoms with Crippen LogP contribution in [-0.4, -0.2) is 47.7 Å². The summed E-state index contributed by atoms with van der Waals surface area (Å²) in [5.74, 6) is 0.429. The van der Waals surface area contributed by atoms with E-state index in [1.54, 1.807) is 0 Å². The predicted octanol–water partition coefficient (Wildman–Crippen LogP) is 1.38. The highest BCUT2D eigenvalue weighted by Crippen LogP contribution is 2.30. The minimum atomic E-state index is -0.850. The Labute approximate surface area is 116 Å². The number of rotatable bonds is 6. The first-order valence-electron chi connectivity index (χ1n) is 7.81. The molecule has 0 radical (unpaired) electrons. The van der Waals surface area contributed by atoms with Crippen molar-refractivity contribution in [2.24, 2.45) is 11.8 Å². The Balaban J connectivity index is 1.64. The van der Waals surface area contributed by atoms with Gasteiger partial charge in [0.05, 0.1) is 0 Å². The lowest BCUT2D eigenvalue weighted by molar-refractivity contribution is -0.132. The quantitative estimate of drug-likeness (QED) is 0.765. The molecule has 1 aliphatic carbocycles. The molecular formula is C15H28N2O2. The summed E-state index contributed by atoms with van der Waals surface area (Å²) in [6.45, 7) is 7.00. The van der Waals surface area contributed by atoms with Crippen molar-refractivity contribution in [2.75, 3.05) is 19.6 Å². The molecule has 1 saturated heterocycles. The molecule has 4 heteroatoms. The second-order valence-corrected chi connectivity index (χ2v) is 6.29. The number of hydrogen-bond acceptors (Lipinski definition) is 3. The van der Waals surface area contributed by atoms with Crippen molar-refractivity contribution < 1.29 is 9.90 Å². The number of nitrogens with zero attached hydrogens (tertiary/aromatic N) is 1. The smallest absolute Gasteiger partial charge is 0.249 e. The van der Waals surface area contributed by atoms with Gasteiger partial charge in [0.1, 0.15) is 6.10 Å². The average Bonchev–Trinajstić information content (AvgIpc) is 3.28. The fourth-order valence-corrected chi connectivity index (χ4v) is 2.79. The highest BCUT2D eigenvalue weighted by molar-refractivity contribution is 5.80. The maximum atomic E-state index is 11.8. The number of aliphatic hydroxyl groups excluding tert-OH is 1. The van der Waals surface area contributed by atoms with Crippen LogP contribution in [0.5, 0.6) is 0 Å². The molecule has 2 atom stereocenters. The third-order valence-electron chi connectivity index (χ3n) is 4.73. The Hall–Kier alpha value is -0.610. The molecule has 2 rings (SSSR count). The summed E-state index contributed by atoms with van der Waals surface area (Å²) in [7, 11) is 0. The van der Waals surface area contributed by atoms with E-state index in [1.807, 2.05) is 13.8 Å². The van der Waals surface area contributed by atoms with Gasteiger partial charge in [-0.2, -0.15) is 0 Å². The van der Waals surface area contributed by atoms with Gasteiger partial charge in [-0.25, -0.2) is 0 Å². The number of amides is 1. The number of nitrogens with one attached hydrogen (secondary N) is 1. The Morgan fingerprint density at radius 1 is 1.32 bits per heavy atom. The Kier molecular flexibility index (Phi) is 5.22. The largest absolute Gasteiger partial charge is 0.383 e. The second-order valence-electron chi connectivity index (χ2n) is 6.29. The summed E-state index contributed by atoms with van der Waals surface area (Å²) in [4.78, 5) is 14.4. The summed E-state index contributed by atoms with van der Waals surface area (Å²) in [6.07, 6.45) is 5.09. The molecule has 0 aromatic carbocycles. The van der Waals surface area contributed by atoms with E-state index in [-0.39, 0.29) is 11.8 Å². The molecule has 1 heterocycles. The van der Waals surface area contributed by atoms with Gasteiger partial charge in [-0.1, -0.05) is 20.3 Å². The van der Waals surface area contributed by atoms with Crippen molar-refractivity contribution >= 4 is 5.91 Å². The van der Waals surface area contributed by atoms with Crippen LogP contribution in [0.15, 0.2) is 0 Å². The van der Waals surface area contributed by atoms with Crippen LogP contribution in [0.1, 0.15) is 46.0 Å². The van der Waals surface area contributed by atoms with Crippen LogP contribution < -0.4 is 5.32 Å². The zero-order valence-electron chi connectivity index (χ0n) is 12.3. The van der Waals surface area contributed by atoms with E-state index in [1.165, 1.54) is 38.8 Å². The molecule has 4 nitrogen and oxygen atoms in total. The molecule has 2 fully saturated rings. The third-order valence-corrected chi connectivity index (χ3v) is 4.73. The first-order chi connectivity index (χ1) is 9.11. The van der Waals surface area contributed by atoms with Crippen molar-refractivity contribution in [3.63, 3.8) is 0 Å². The van der Waals surface area contributed by atoms with E-state index in [0.717, 1.165) is 19.0 Å². The molecule has 2 N–H and O–H groups in total.